The first-order chi connectivity index (χ1) is 10.5. The third-order valence-electron chi connectivity index (χ3n) is 3.83. The van der Waals surface area contributed by atoms with Crippen LogP contribution in [0.2, 0.25) is 0 Å². The molecule has 0 heterocycles. The van der Waals surface area contributed by atoms with Gasteiger partial charge in [0.05, 0.1) is 26.2 Å². The normalized spacial score (nSPS) is 22.0. The molecular weight excluding hydrogens is 292 g/mol. The van der Waals surface area contributed by atoms with E-state index in [4.69, 9.17) is 23.7 Å². The minimum atomic E-state index is -1.72. The molecule has 0 aromatic carbocycles. The van der Waals surface area contributed by atoms with Crippen LogP contribution in [0.4, 0.5) is 0 Å². The standard InChI is InChI=1S/C15H24O7/c1-6-22-10-7-8-11(13(16)18-2)12(9-10)15(20-4,21-5)14(17)19-3/h8,10,12H,6-7,9H2,1-5H3/t10-,12+/m1/s1. The number of esters is 2. The minimum absolute atomic E-state index is 0.141. The third kappa shape index (κ3) is 3.48. The zero-order chi connectivity index (χ0) is 16.8. The number of carbonyl (C=O) groups is 2. The first-order valence-corrected chi connectivity index (χ1v) is 7.09. The van der Waals surface area contributed by atoms with Crippen LogP contribution in [0.25, 0.3) is 0 Å². The summed E-state index contributed by atoms with van der Waals surface area (Å²) in [7, 11) is 5.19. The van der Waals surface area contributed by atoms with E-state index in [-0.39, 0.29) is 6.10 Å². The average molecular weight is 316 g/mol. The molecule has 0 N–H and O–H groups in total. The van der Waals surface area contributed by atoms with Gasteiger partial charge in [0, 0.05) is 26.4 Å². The molecule has 7 nitrogen and oxygen atoms in total. The Morgan fingerprint density at radius 2 is 1.82 bits per heavy atom. The second kappa shape index (κ2) is 8.26. The molecule has 0 aliphatic heterocycles. The molecule has 2 atom stereocenters. The van der Waals surface area contributed by atoms with Gasteiger partial charge in [-0.05, 0) is 19.8 Å². The molecule has 1 aliphatic rings. The highest BCUT2D eigenvalue weighted by molar-refractivity contribution is 5.91. The SMILES string of the molecule is CCO[C@@H]1CC=C(C(=O)OC)[C@@H](C(OC)(OC)C(=O)OC)C1. The van der Waals surface area contributed by atoms with Crippen molar-refractivity contribution in [2.24, 2.45) is 5.92 Å². The van der Waals surface area contributed by atoms with Crippen molar-refractivity contribution in [1.29, 1.82) is 0 Å². The minimum Gasteiger partial charge on any atom is -0.466 e. The molecule has 0 fully saturated rings. The average Bonchev–Trinajstić information content (AvgIpc) is 2.56. The quantitative estimate of drug-likeness (QED) is 0.513. The Labute approximate surface area is 130 Å². The van der Waals surface area contributed by atoms with E-state index in [2.05, 4.69) is 0 Å². The molecule has 1 rings (SSSR count). The highest BCUT2D eigenvalue weighted by Crippen LogP contribution is 2.39. The smallest absolute Gasteiger partial charge is 0.367 e. The maximum atomic E-state index is 12.2. The zero-order valence-corrected chi connectivity index (χ0v) is 13.7. The van der Waals surface area contributed by atoms with Gasteiger partial charge in [0.25, 0.3) is 5.79 Å². The lowest BCUT2D eigenvalue weighted by Gasteiger charge is -2.39. The van der Waals surface area contributed by atoms with Crippen molar-refractivity contribution < 1.29 is 33.3 Å². The number of carbonyl (C=O) groups excluding carboxylic acids is 2. The van der Waals surface area contributed by atoms with Crippen molar-refractivity contribution in [1.82, 2.24) is 0 Å². The monoisotopic (exact) mass is 316 g/mol. The lowest BCUT2D eigenvalue weighted by atomic mass is 9.79. The summed E-state index contributed by atoms with van der Waals surface area (Å²) in [6, 6.07) is 0. The van der Waals surface area contributed by atoms with E-state index in [9.17, 15) is 9.59 Å². The van der Waals surface area contributed by atoms with Crippen molar-refractivity contribution in [3.63, 3.8) is 0 Å². The first-order valence-electron chi connectivity index (χ1n) is 7.09. The molecule has 22 heavy (non-hydrogen) atoms. The molecule has 0 amide bonds. The highest BCUT2D eigenvalue weighted by Gasteiger charge is 2.53. The van der Waals surface area contributed by atoms with Gasteiger partial charge in [-0.15, -0.1) is 0 Å². The molecule has 0 radical (unpaired) electrons. The van der Waals surface area contributed by atoms with Crippen LogP contribution in [0.3, 0.4) is 0 Å². The molecular formula is C15H24O7. The topological polar surface area (TPSA) is 80.3 Å². The Kier molecular flexibility index (Phi) is 6.99. The lowest BCUT2D eigenvalue weighted by Crippen LogP contribution is -2.53. The van der Waals surface area contributed by atoms with Gasteiger partial charge in [-0.2, -0.15) is 0 Å². The van der Waals surface area contributed by atoms with E-state index < -0.39 is 23.6 Å². The molecule has 0 aromatic heterocycles. The number of ether oxygens (including phenoxy) is 5. The first kappa shape index (κ1) is 18.6. The summed E-state index contributed by atoms with van der Waals surface area (Å²) in [5.41, 5.74) is 0.326. The summed E-state index contributed by atoms with van der Waals surface area (Å²) in [5.74, 6) is -3.64. The second-order valence-electron chi connectivity index (χ2n) is 4.82. The van der Waals surface area contributed by atoms with E-state index in [0.717, 1.165) is 0 Å². The fraction of sp³-hybridized carbons (Fsp3) is 0.733. The largest absolute Gasteiger partial charge is 0.466 e. The summed E-state index contributed by atoms with van der Waals surface area (Å²) in [6.07, 6.45) is 2.50. The van der Waals surface area contributed by atoms with Gasteiger partial charge >= 0.3 is 11.9 Å². The molecule has 0 saturated carbocycles. The van der Waals surface area contributed by atoms with Gasteiger partial charge in [0.2, 0.25) is 0 Å². The summed E-state index contributed by atoms with van der Waals surface area (Å²) in [5, 5.41) is 0. The molecule has 0 bridgehead atoms. The van der Waals surface area contributed by atoms with Gasteiger partial charge in [-0.25, -0.2) is 9.59 Å². The summed E-state index contributed by atoms with van der Waals surface area (Å²) >= 11 is 0. The molecule has 0 spiro atoms. The van der Waals surface area contributed by atoms with Crippen LogP contribution >= 0.6 is 0 Å². The van der Waals surface area contributed by atoms with Gasteiger partial charge in [0.15, 0.2) is 0 Å². The fourth-order valence-electron chi connectivity index (χ4n) is 2.78. The maximum absolute atomic E-state index is 12.2. The third-order valence-corrected chi connectivity index (χ3v) is 3.83. The van der Waals surface area contributed by atoms with Gasteiger partial charge in [-0.3, -0.25) is 0 Å². The Balaban J connectivity index is 3.26. The van der Waals surface area contributed by atoms with E-state index in [0.29, 0.717) is 25.0 Å². The Morgan fingerprint density at radius 1 is 1.18 bits per heavy atom. The maximum Gasteiger partial charge on any atom is 0.367 e. The Morgan fingerprint density at radius 3 is 2.27 bits per heavy atom. The Hall–Kier alpha value is -1.44. The van der Waals surface area contributed by atoms with E-state index in [1.54, 1.807) is 6.08 Å². The predicted octanol–water partition coefficient (Wildman–Crippen LogP) is 1.06. The molecule has 0 saturated heterocycles. The highest BCUT2D eigenvalue weighted by atomic mass is 16.7. The lowest BCUT2D eigenvalue weighted by molar-refractivity contribution is -0.248. The van der Waals surface area contributed by atoms with Crippen LogP contribution < -0.4 is 0 Å². The van der Waals surface area contributed by atoms with Gasteiger partial charge < -0.3 is 23.7 Å². The van der Waals surface area contributed by atoms with Crippen LogP contribution in [-0.4, -0.2) is 58.9 Å². The van der Waals surface area contributed by atoms with Crippen molar-refractivity contribution in [3.05, 3.63) is 11.6 Å². The van der Waals surface area contributed by atoms with Gasteiger partial charge in [-0.1, -0.05) is 6.08 Å². The second-order valence-corrected chi connectivity index (χ2v) is 4.82. The number of hydrogen-bond acceptors (Lipinski definition) is 7. The van der Waals surface area contributed by atoms with Crippen LogP contribution in [0, 0.1) is 5.92 Å². The van der Waals surface area contributed by atoms with Gasteiger partial charge in [0.1, 0.15) is 0 Å². The van der Waals surface area contributed by atoms with Crippen LogP contribution in [0.1, 0.15) is 19.8 Å². The predicted molar refractivity (Wildman–Crippen MR) is 77.0 cm³/mol. The number of hydrogen-bond donors (Lipinski definition) is 0. The molecule has 0 aromatic rings. The van der Waals surface area contributed by atoms with Crippen molar-refractivity contribution in [2.45, 2.75) is 31.7 Å². The molecule has 7 heteroatoms. The zero-order valence-electron chi connectivity index (χ0n) is 13.7. The fourth-order valence-corrected chi connectivity index (χ4v) is 2.78. The van der Waals surface area contributed by atoms with Crippen LogP contribution in [-0.2, 0) is 33.3 Å². The van der Waals surface area contributed by atoms with Crippen molar-refractivity contribution >= 4 is 11.9 Å². The summed E-state index contributed by atoms with van der Waals surface area (Å²) in [6.45, 7) is 2.42. The molecule has 126 valence electrons. The van der Waals surface area contributed by atoms with E-state index in [1.165, 1.54) is 28.4 Å². The number of methoxy groups -OCH3 is 4. The summed E-state index contributed by atoms with van der Waals surface area (Å²) < 4.78 is 25.9. The van der Waals surface area contributed by atoms with Crippen LogP contribution in [0.15, 0.2) is 11.6 Å². The van der Waals surface area contributed by atoms with Crippen molar-refractivity contribution in [3.8, 4) is 0 Å². The van der Waals surface area contributed by atoms with E-state index in [1.807, 2.05) is 6.92 Å². The molecule has 0 unspecified atom stereocenters. The van der Waals surface area contributed by atoms with Crippen LogP contribution in [0.5, 0.6) is 0 Å². The summed E-state index contributed by atoms with van der Waals surface area (Å²) in [4.78, 5) is 24.3. The van der Waals surface area contributed by atoms with Crippen molar-refractivity contribution in [2.75, 3.05) is 35.0 Å². The molecule has 1 aliphatic carbocycles. The van der Waals surface area contributed by atoms with E-state index >= 15 is 0 Å². The number of rotatable bonds is 7. The Bertz CT molecular complexity index is 426.